The monoisotopic (exact) mass is 269 g/mol. The molecule has 0 saturated carbocycles. The second kappa shape index (κ2) is 7.81. The minimum absolute atomic E-state index is 0.330. The smallest absolute Gasteiger partial charge is 0.340 e. The van der Waals surface area contributed by atoms with Crippen molar-refractivity contribution in [3.8, 4) is 0 Å². The lowest BCUT2D eigenvalue weighted by Crippen LogP contribution is -2.12. The number of hydrogen-bond acceptors (Lipinski definition) is 6. The number of carbonyl (C=O) groups is 1. The fourth-order valence-corrected chi connectivity index (χ4v) is 1.86. The zero-order valence-corrected chi connectivity index (χ0v) is 11.5. The second-order valence-corrected chi connectivity index (χ2v) is 4.60. The van der Waals surface area contributed by atoms with Gasteiger partial charge in [0.25, 0.3) is 0 Å². The molecule has 1 aromatic heterocycles. The van der Waals surface area contributed by atoms with Crippen LogP contribution in [-0.4, -0.2) is 36.1 Å². The molecule has 5 nitrogen and oxygen atoms in total. The van der Waals surface area contributed by atoms with Crippen molar-refractivity contribution in [2.45, 2.75) is 13.3 Å². The van der Waals surface area contributed by atoms with Crippen LogP contribution < -0.4 is 11.1 Å². The summed E-state index contributed by atoms with van der Waals surface area (Å²) in [7, 11) is 0. The van der Waals surface area contributed by atoms with E-state index in [1.807, 2.05) is 0 Å². The molecule has 0 aliphatic rings. The van der Waals surface area contributed by atoms with E-state index in [0.29, 0.717) is 23.7 Å². The van der Waals surface area contributed by atoms with Crippen molar-refractivity contribution in [1.82, 2.24) is 4.98 Å². The second-order valence-electron chi connectivity index (χ2n) is 3.61. The molecular weight excluding hydrogens is 250 g/mol. The summed E-state index contributed by atoms with van der Waals surface area (Å²) in [6, 6.07) is 1.57. The summed E-state index contributed by atoms with van der Waals surface area (Å²) >= 11 is 1.79. The van der Waals surface area contributed by atoms with E-state index in [-0.39, 0.29) is 0 Å². The minimum Gasteiger partial charge on any atom is -0.462 e. The summed E-state index contributed by atoms with van der Waals surface area (Å²) < 4.78 is 4.93. The van der Waals surface area contributed by atoms with Crippen LogP contribution in [0.1, 0.15) is 23.7 Å². The van der Waals surface area contributed by atoms with Gasteiger partial charge in [-0.05, 0) is 31.4 Å². The number of pyridine rings is 1. The number of nitrogen functional groups attached to an aromatic ring is 1. The van der Waals surface area contributed by atoms with Gasteiger partial charge in [-0.2, -0.15) is 11.8 Å². The topological polar surface area (TPSA) is 77.2 Å². The van der Waals surface area contributed by atoms with E-state index in [4.69, 9.17) is 10.5 Å². The Morgan fingerprint density at radius 1 is 1.61 bits per heavy atom. The van der Waals surface area contributed by atoms with Crippen LogP contribution >= 0.6 is 11.8 Å². The van der Waals surface area contributed by atoms with Gasteiger partial charge in [-0.15, -0.1) is 0 Å². The average molecular weight is 269 g/mol. The maximum absolute atomic E-state index is 11.6. The van der Waals surface area contributed by atoms with Gasteiger partial charge in [0.05, 0.1) is 17.9 Å². The Morgan fingerprint density at radius 2 is 2.39 bits per heavy atom. The standard InChI is InChI=1S/C12H19N3O2S/c1-3-17-12(16)9-5-7-15-11(10(9)13)14-6-4-8-18-2/h5,7H,3-4,6,8,13H2,1-2H3,(H,14,15). The third-order valence-electron chi connectivity index (χ3n) is 2.30. The molecule has 100 valence electrons. The quantitative estimate of drug-likeness (QED) is 0.582. The first kappa shape index (κ1) is 14.6. The third kappa shape index (κ3) is 4.10. The van der Waals surface area contributed by atoms with Crippen molar-refractivity contribution in [2.75, 3.05) is 36.2 Å². The van der Waals surface area contributed by atoms with Crippen molar-refractivity contribution in [1.29, 1.82) is 0 Å². The zero-order chi connectivity index (χ0) is 13.4. The molecule has 0 aliphatic heterocycles. The van der Waals surface area contributed by atoms with Crippen molar-refractivity contribution < 1.29 is 9.53 Å². The Kier molecular flexibility index (Phi) is 6.35. The fourth-order valence-electron chi connectivity index (χ4n) is 1.42. The molecule has 0 bridgehead atoms. The molecule has 0 radical (unpaired) electrons. The van der Waals surface area contributed by atoms with Gasteiger partial charge in [0.2, 0.25) is 0 Å². The summed E-state index contributed by atoms with van der Waals surface area (Å²) in [5, 5.41) is 3.13. The highest BCUT2D eigenvalue weighted by molar-refractivity contribution is 7.98. The van der Waals surface area contributed by atoms with E-state index < -0.39 is 5.97 Å². The minimum atomic E-state index is -0.412. The van der Waals surface area contributed by atoms with Crippen LogP contribution in [0.3, 0.4) is 0 Å². The van der Waals surface area contributed by atoms with Crippen LogP contribution in [0.2, 0.25) is 0 Å². The third-order valence-corrected chi connectivity index (χ3v) is 3.00. The van der Waals surface area contributed by atoms with Gasteiger partial charge in [-0.25, -0.2) is 9.78 Å². The normalized spacial score (nSPS) is 10.1. The van der Waals surface area contributed by atoms with E-state index >= 15 is 0 Å². The highest BCUT2D eigenvalue weighted by atomic mass is 32.2. The molecule has 0 fully saturated rings. The number of hydrogen-bond donors (Lipinski definition) is 2. The van der Waals surface area contributed by atoms with E-state index in [9.17, 15) is 4.79 Å². The molecule has 0 aromatic carbocycles. The number of nitrogens with two attached hydrogens (primary N) is 1. The lowest BCUT2D eigenvalue weighted by Gasteiger charge is -2.10. The van der Waals surface area contributed by atoms with E-state index in [2.05, 4.69) is 16.6 Å². The molecule has 1 aromatic rings. The van der Waals surface area contributed by atoms with Crippen molar-refractivity contribution in [3.05, 3.63) is 17.8 Å². The molecule has 0 unspecified atom stereocenters. The zero-order valence-electron chi connectivity index (χ0n) is 10.7. The number of carbonyl (C=O) groups excluding carboxylic acids is 1. The summed E-state index contributed by atoms with van der Waals surface area (Å²) in [5.74, 6) is 1.20. The number of aromatic nitrogens is 1. The predicted octanol–water partition coefficient (Wildman–Crippen LogP) is 2.01. The van der Waals surface area contributed by atoms with Gasteiger partial charge in [0.15, 0.2) is 0 Å². The molecule has 0 amide bonds. The van der Waals surface area contributed by atoms with Gasteiger partial charge < -0.3 is 15.8 Å². The lowest BCUT2D eigenvalue weighted by molar-refractivity contribution is 0.0527. The number of rotatable bonds is 7. The largest absolute Gasteiger partial charge is 0.462 e. The van der Waals surface area contributed by atoms with Crippen LogP contribution in [0.15, 0.2) is 12.3 Å². The Morgan fingerprint density at radius 3 is 3.06 bits per heavy atom. The maximum Gasteiger partial charge on any atom is 0.340 e. The molecule has 1 heterocycles. The predicted molar refractivity (Wildman–Crippen MR) is 76.1 cm³/mol. The summed E-state index contributed by atoms with van der Waals surface area (Å²) in [6.07, 6.45) is 4.64. The van der Waals surface area contributed by atoms with Crippen molar-refractivity contribution >= 4 is 29.2 Å². The Balaban J connectivity index is 2.69. The number of ether oxygens (including phenoxy) is 1. The summed E-state index contributed by atoms with van der Waals surface area (Å²) in [4.78, 5) is 15.8. The number of thioether (sulfide) groups is 1. The molecule has 0 spiro atoms. The van der Waals surface area contributed by atoms with Crippen molar-refractivity contribution in [2.24, 2.45) is 0 Å². The van der Waals surface area contributed by atoms with Gasteiger partial charge >= 0.3 is 5.97 Å². The number of nitrogens with zero attached hydrogens (tertiary/aromatic N) is 1. The molecule has 1 rings (SSSR count). The van der Waals surface area contributed by atoms with E-state index in [1.54, 1.807) is 30.9 Å². The van der Waals surface area contributed by atoms with Crippen LogP contribution in [0.5, 0.6) is 0 Å². The van der Waals surface area contributed by atoms with Crippen LogP contribution in [0.4, 0.5) is 11.5 Å². The maximum atomic E-state index is 11.6. The van der Waals surface area contributed by atoms with Crippen LogP contribution in [0.25, 0.3) is 0 Å². The fraction of sp³-hybridized carbons (Fsp3) is 0.500. The van der Waals surface area contributed by atoms with Crippen LogP contribution in [0, 0.1) is 0 Å². The molecule has 0 aliphatic carbocycles. The molecular formula is C12H19N3O2S. The molecule has 0 atom stereocenters. The SMILES string of the molecule is CCOC(=O)c1ccnc(NCCCSC)c1N. The van der Waals surface area contributed by atoms with Gasteiger partial charge in [-0.1, -0.05) is 0 Å². The Labute approximate surface area is 111 Å². The number of esters is 1. The highest BCUT2D eigenvalue weighted by Crippen LogP contribution is 2.20. The molecule has 3 N–H and O–H groups in total. The van der Waals surface area contributed by atoms with Gasteiger partial charge in [0.1, 0.15) is 5.82 Å². The van der Waals surface area contributed by atoms with Crippen LogP contribution in [-0.2, 0) is 4.74 Å². The van der Waals surface area contributed by atoms with Crippen molar-refractivity contribution in [3.63, 3.8) is 0 Å². The summed E-state index contributed by atoms with van der Waals surface area (Å²) in [5.41, 5.74) is 6.61. The number of nitrogens with one attached hydrogen (secondary N) is 1. The van der Waals surface area contributed by atoms with E-state index in [1.165, 1.54) is 0 Å². The van der Waals surface area contributed by atoms with E-state index in [0.717, 1.165) is 18.7 Å². The Bertz CT molecular complexity index is 399. The first-order chi connectivity index (χ1) is 8.70. The molecule has 18 heavy (non-hydrogen) atoms. The molecule has 0 saturated heterocycles. The lowest BCUT2D eigenvalue weighted by atomic mass is 10.2. The Hall–Kier alpha value is -1.43. The van der Waals surface area contributed by atoms with Gasteiger partial charge in [0, 0.05) is 12.7 Å². The molecule has 6 heteroatoms. The van der Waals surface area contributed by atoms with Gasteiger partial charge in [-0.3, -0.25) is 0 Å². The average Bonchev–Trinajstić information content (AvgIpc) is 2.36. The highest BCUT2D eigenvalue weighted by Gasteiger charge is 2.13. The first-order valence-corrected chi connectivity index (χ1v) is 7.24. The first-order valence-electron chi connectivity index (χ1n) is 5.85. The number of anilines is 2. The summed E-state index contributed by atoms with van der Waals surface area (Å²) in [6.45, 7) is 2.87.